The van der Waals surface area contributed by atoms with E-state index in [-0.39, 0.29) is 10.8 Å². The van der Waals surface area contributed by atoms with Crippen molar-refractivity contribution in [3.63, 3.8) is 0 Å². The molecule has 122 valence electrons. The zero-order chi connectivity index (χ0) is 16.5. The summed E-state index contributed by atoms with van der Waals surface area (Å²) in [5.74, 6) is -0.307. The lowest BCUT2D eigenvalue weighted by atomic mass is 10.1. The van der Waals surface area contributed by atoms with E-state index in [9.17, 15) is 4.39 Å². The van der Waals surface area contributed by atoms with Crippen LogP contribution in [0.5, 0.6) is 0 Å². The van der Waals surface area contributed by atoms with Crippen LogP contribution in [0.4, 0.5) is 10.1 Å². The van der Waals surface area contributed by atoms with Gasteiger partial charge in [-0.1, -0.05) is 29.8 Å². The monoisotopic (exact) mass is 341 g/mol. The van der Waals surface area contributed by atoms with E-state index in [0.29, 0.717) is 18.2 Å². The lowest BCUT2D eigenvalue weighted by molar-refractivity contribution is 0.151. The first-order valence-corrected chi connectivity index (χ1v) is 8.32. The number of fused-ring (bicyclic) bond motifs is 1. The number of hydrogen-bond acceptors (Lipinski definition) is 3. The summed E-state index contributed by atoms with van der Waals surface area (Å²) in [6.07, 6.45) is 3.67. The summed E-state index contributed by atoms with van der Waals surface area (Å²) in [5.41, 5.74) is 1.76. The van der Waals surface area contributed by atoms with Crippen molar-refractivity contribution >= 4 is 28.1 Å². The second kappa shape index (κ2) is 6.38. The molecule has 0 amide bonds. The fourth-order valence-electron chi connectivity index (χ4n) is 3.11. The standard InChI is InChI=1S/C19H17ClFN3/c20-18-3-1-2-15(19(18)21)10-24-11-17(12-24)23-16-5-4-14-9-22-7-6-13(14)8-16/h1-9,17,23H,10-12H2. The number of nitrogens with one attached hydrogen (secondary N) is 1. The van der Waals surface area contributed by atoms with Crippen LogP contribution in [0.3, 0.4) is 0 Å². The number of pyridine rings is 1. The first kappa shape index (κ1) is 15.4. The Hall–Kier alpha value is -2.17. The van der Waals surface area contributed by atoms with E-state index in [0.717, 1.165) is 24.2 Å². The third-order valence-corrected chi connectivity index (χ3v) is 4.69. The van der Waals surface area contributed by atoms with E-state index in [1.165, 1.54) is 5.39 Å². The molecule has 3 nitrogen and oxygen atoms in total. The third-order valence-electron chi connectivity index (χ3n) is 4.39. The SMILES string of the molecule is Fc1c(Cl)cccc1CN1CC(Nc2ccc3cnccc3c2)C1. The quantitative estimate of drug-likeness (QED) is 0.765. The Kier molecular flexibility index (Phi) is 4.08. The molecule has 1 saturated heterocycles. The maximum absolute atomic E-state index is 13.9. The third kappa shape index (κ3) is 3.07. The molecule has 0 bridgehead atoms. The van der Waals surface area contributed by atoms with Crippen LogP contribution in [0.2, 0.25) is 5.02 Å². The van der Waals surface area contributed by atoms with Gasteiger partial charge < -0.3 is 5.32 Å². The molecule has 1 N–H and O–H groups in total. The Labute approximate surface area is 145 Å². The van der Waals surface area contributed by atoms with E-state index >= 15 is 0 Å². The van der Waals surface area contributed by atoms with Gasteiger partial charge in [-0.25, -0.2) is 4.39 Å². The average molecular weight is 342 g/mol. The Morgan fingerprint density at radius 1 is 1.17 bits per heavy atom. The molecule has 2 aromatic carbocycles. The summed E-state index contributed by atoms with van der Waals surface area (Å²) in [6.45, 7) is 2.37. The molecular formula is C19H17ClFN3. The number of halogens is 2. The van der Waals surface area contributed by atoms with Crippen LogP contribution < -0.4 is 5.32 Å². The summed E-state index contributed by atoms with van der Waals surface area (Å²) >= 11 is 5.83. The minimum absolute atomic E-state index is 0.188. The highest BCUT2D eigenvalue weighted by Gasteiger charge is 2.27. The lowest BCUT2D eigenvalue weighted by Crippen LogP contribution is -2.54. The van der Waals surface area contributed by atoms with Gasteiger partial charge in [-0.05, 0) is 29.7 Å². The second-order valence-corrected chi connectivity index (χ2v) is 6.59. The van der Waals surface area contributed by atoms with Crippen molar-refractivity contribution in [1.82, 2.24) is 9.88 Å². The molecule has 5 heteroatoms. The highest BCUT2D eigenvalue weighted by Crippen LogP contribution is 2.24. The Morgan fingerprint density at radius 3 is 2.92 bits per heavy atom. The van der Waals surface area contributed by atoms with Crippen molar-refractivity contribution in [2.45, 2.75) is 12.6 Å². The molecule has 24 heavy (non-hydrogen) atoms. The Balaban J connectivity index is 1.36. The topological polar surface area (TPSA) is 28.2 Å². The number of rotatable bonds is 4. The molecule has 0 spiro atoms. The van der Waals surface area contributed by atoms with Crippen molar-refractivity contribution in [2.24, 2.45) is 0 Å². The zero-order valence-corrected chi connectivity index (χ0v) is 13.8. The van der Waals surface area contributed by atoms with Gasteiger partial charge in [0.25, 0.3) is 0 Å². The van der Waals surface area contributed by atoms with E-state index in [2.05, 4.69) is 33.4 Å². The summed E-state index contributed by atoms with van der Waals surface area (Å²) in [7, 11) is 0. The number of aromatic nitrogens is 1. The van der Waals surface area contributed by atoms with Crippen molar-refractivity contribution in [3.05, 3.63) is 71.3 Å². The number of anilines is 1. The molecule has 2 heterocycles. The molecule has 4 rings (SSSR count). The van der Waals surface area contributed by atoms with Crippen molar-refractivity contribution in [1.29, 1.82) is 0 Å². The molecule has 1 fully saturated rings. The van der Waals surface area contributed by atoms with Crippen LogP contribution in [-0.2, 0) is 6.54 Å². The van der Waals surface area contributed by atoms with Crippen LogP contribution in [0.1, 0.15) is 5.56 Å². The molecule has 0 aliphatic carbocycles. The molecule has 0 unspecified atom stereocenters. The van der Waals surface area contributed by atoms with Crippen molar-refractivity contribution in [3.8, 4) is 0 Å². The van der Waals surface area contributed by atoms with Crippen LogP contribution in [0, 0.1) is 5.82 Å². The van der Waals surface area contributed by atoms with Crippen LogP contribution in [0.25, 0.3) is 10.8 Å². The zero-order valence-electron chi connectivity index (χ0n) is 13.0. The smallest absolute Gasteiger partial charge is 0.146 e. The fourth-order valence-corrected chi connectivity index (χ4v) is 3.30. The van der Waals surface area contributed by atoms with E-state index < -0.39 is 0 Å². The van der Waals surface area contributed by atoms with Gasteiger partial charge in [0, 0.05) is 48.7 Å². The van der Waals surface area contributed by atoms with E-state index in [1.54, 1.807) is 24.4 Å². The minimum Gasteiger partial charge on any atom is -0.380 e. The number of benzene rings is 2. The van der Waals surface area contributed by atoms with Gasteiger partial charge in [-0.15, -0.1) is 0 Å². The predicted molar refractivity (Wildman–Crippen MR) is 95.8 cm³/mol. The normalized spacial score (nSPS) is 15.4. The summed E-state index contributed by atoms with van der Waals surface area (Å²) in [5, 5.41) is 6.03. The summed E-state index contributed by atoms with van der Waals surface area (Å²) in [6, 6.07) is 13.8. The van der Waals surface area contributed by atoms with Crippen LogP contribution >= 0.6 is 11.6 Å². The predicted octanol–water partition coefficient (Wildman–Crippen LogP) is 4.32. The number of nitrogens with zero attached hydrogens (tertiary/aromatic N) is 2. The fraction of sp³-hybridized carbons (Fsp3) is 0.211. The highest BCUT2D eigenvalue weighted by atomic mass is 35.5. The molecule has 1 aromatic heterocycles. The van der Waals surface area contributed by atoms with E-state index in [1.807, 2.05) is 12.3 Å². The Morgan fingerprint density at radius 2 is 2.04 bits per heavy atom. The summed E-state index contributed by atoms with van der Waals surface area (Å²) < 4.78 is 13.9. The second-order valence-electron chi connectivity index (χ2n) is 6.19. The lowest BCUT2D eigenvalue weighted by Gasteiger charge is -2.40. The molecule has 0 radical (unpaired) electrons. The van der Waals surface area contributed by atoms with Crippen LogP contribution in [-0.4, -0.2) is 29.0 Å². The van der Waals surface area contributed by atoms with Gasteiger partial charge in [0.15, 0.2) is 0 Å². The van der Waals surface area contributed by atoms with E-state index in [4.69, 9.17) is 11.6 Å². The molecular weight excluding hydrogens is 325 g/mol. The number of hydrogen-bond donors (Lipinski definition) is 1. The molecule has 1 aliphatic rings. The largest absolute Gasteiger partial charge is 0.380 e. The summed E-state index contributed by atoms with van der Waals surface area (Å²) in [4.78, 5) is 6.33. The molecule has 0 saturated carbocycles. The van der Waals surface area contributed by atoms with Crippen LogP contribution in [0.15, 0.2) is 54.9 Å². The van der Waals surface area contributed by atoms with Gasteiger partial charge >= 0.3 is 0 Å². The van der Waals surface area contributed by atoms with Gasteiger partial charge in [0.2, 0.25) is 0 Å². The highest BCUT2D eigenvalue weighted by molar-refractivity contribution is 6.30. The first-order chi connectivity index (χ1) is 11.7. The maximum atomic E-state index is 13.9. The number of likely N-dealkylation sites (tertiary alicyclic amines) is 1. The van der Waals surface area contributed by atoms with Crippen molar-refractivity contribution < 1.29 is 4.39 Å². The van der Waals surface area contributed by atoms with Crippen molar-refractivity contribution in [2.75, 3.05) is 18.4 Å². The maximum Gasteiger partial charge on any atom is 0.146 e. The minimum atomic E-state index is -0.307. The Bertz CT molecular complexity index is 877. The molecule has 0 atom stereocenters. The van der Waals surface area contributed by atoms with Gasteiger partial charge in [-0.2, -0.15) is 0 Å². The molecule has 1 aliphatic heterocycles. The van der Waals surface area contributed by atoms with Gasteiger partial charge in [0.1, 0.15) is 5.82 Å². The van der Waals surface area contributed by atoms with Gasteiger partial charge in [-0.3, -0.25) is 9.88 Å². The molecule has 3 aromatic rings. The first-order valence-electron chi connectivity index (χ1n) is 7.94. The average Bonchev–Trinajstić information content (AvgIpc) is 2.56. The van der Waals surface area contributed by atoms with Gasteiger partial charge in [0.05, 0.1) is 11.1 Å².